The van der Waals surface area contributed by atoms with Crippen molar-refractivity contribution in [3.05, 3.63) is 58.1 Å². The van der Waals surface area contributed by atoms with Crippen LogP contribution in [0.4, 0.5) is 4.39 Å². The molecular weight excluding hydrogens is 353 g/mol. The van der Waals surface area contributed by atoms with Crippen molar-refractivity contribution in [2.24, 2.45) is 5.92 Å². The third-order valence-electron chi connectivity index (χ3n) is 3.62. The Morgan fingerprint density at radius 3 is 2.73 bits per heavy atom. The Hall–Kier alpha value is -2.15. The first kappa shape index (κ1) is 14.8. The second kappa shape index (κ2) is 5.92. The Morgan fingerprint density at radius 1 is 1.27 bits per heavy atom. The monoisotopic (exact) mass is 365 g/mol. The lowest BCUT2D eigenvalue weighted by Gasteiger charge is -2.06. The van der Waals surface area contributed by atoms with Crippen LogP contribution in [0.5, 0.6) is 0 Å². The number of carbonyl (C=O) groups excluding carboxylic acids is 2. The highest BCUT2D eigenvalue weighted by Crippen LogP contribution is 2.48. The number of halogens is 2. The van der Waals surface area contributed by atoms with Gasteiger partial charge >= 0.3 is 0 Å². The third-order valence-corrected chi connectivity index (χ3v) is 4.08. The summed E-state index contributed by atoms with van der Waals surface area (Å²) in [5.74, 6) is -1.50. The maximum atomic E-state index is 13.6. The predicted molar refractivity (Wildman–Crippen MR) is 81.3 cm³/mol. The van der Waals surface area contributed by atoms with Crippen LogP contribution < -0.4 is 10.9 Å². The number of carbonyl (C=O) groups is 2. The molecule has 0 bridgehead atoms. The van der Waals surface area contributed by atoms with Gasteiger partial charge in [0.15, 0.2) is 0 Å². The normalized spacial score (nSPS) is 19.5. The number of nitrogens with one attached hydrogen (secondary N) is 3. The van der Waals surface area contributed by atoms with Gasteiger partial charge in [0.05, 0.1) is 0 Å². The lowest BCUT2D eigenvalue weighted by molar-refractivity contribution is -0.123. The van der Waals surface area contributed by atoms with Crippen molar-refractivity contribution >= 4 is 27.7 Å². The molecule has 2 unspecified atom stereocenters. The Morgan fingerprint density at radius 2 is 2.05 bits per heavy atom. The van der Waals surface area contributed by atoms with Gasteiger partial charge in [-0.3, -0.25) is 20.4 Å². The van der Waals surface area contributed by atoms with Crippen LogP contribution in [0, 0.1) is 11.7 Å². The van der Waals surface area contributed by atoms with E-state index in [0.29, 0.717) is 17.7 Å². The Balaban J connectivity index is 1.54. The molecule has 1 aliphatic rings. The number of aromatic nitrogens is 1. The molecule has 2 amide bonds. The van der Waals surface area contributed by atoms with E-state index in [1.807, 2.05) is 0 Å². The summed E-state index contributed by atoms with van der Waals surface area (Å²) >= 11 is 3.22. The van der Waals surface area contributed by atoms with E-state index >= 15 is 0 Å². The first-order valence-corrected chi connectivity index (χ1v) is 7.54. The molecule has 22 heavy (non-hydrogen) atoms. The number of rotatable bonds is 3. The quantitative estimate of drug-likeness (QED) is 0.731. The van der Waals surface area contributed by atoms with E-state index < -0.39 is 5.91 Å². The second-order valence-electron chi connectivity index (χ2n) is 5.15. The van der Waals surface area contributed by atoms with Crippen molar-refractivity contribution < 1.29 is 14.0 Å². The number of H-pyrrole nitrogens is 1. The van der Waals surface area contributed by atoms with Gasteiger partial charge < -0.3 is 4.98 Å². The highest BCUT2D eigenvalue weighted by Gasteiger charge is 2.45. The molecule has 5 nitrogen and oxygen atoms in total. The van der Waals surface area contributed by atoms with Gasteiger partial charge in [0.2, 0.25) is 5.91 Å². The highest BCUT2D eigenvalue weighted by atomic mass is 79.9. The van der Waals surface area contributed by atoms with Crippen LogP contribution in [0.15, 0.2) is 41.0 Å². The summed E-state index contributed by atoms with van der Waals surface area (Å²) < 4.78 is 14.4. The average Bonchev–Trinajstić information content (AvgIpc) is 3.18. The van der Waals surface area contributed by atoms with Crippen LogP contribution in [0.2, 0.25) is 0 Å². The van der Waals surface area contributed by atoms with Crippen molar-refractivity contribution in [1.29, 1.82) is 0 Å². The van der Waals surface area contributed by atoms with Crippen LogP contribution in [0.25, 0.3) is 0 Å². The molecule has 3 N–H and O–H groups in total. The summed E-state index contributed by atoms with van der Waals surface area (Å²) in [5, 5.41) is 0. The molecule has 0 saturated heterocycles. The van der Waals surface area contributed by atoms with E-state index in [1.54, 1.807) is 30.5 Å². The summed E-state index contributed by atoms with van der Waals surface area (Å²) in [6, 6.07) is 8.03. The number of hydrogen-bond donors (Lipinski definition) is 3. The first-order chi connectivity index (χ1) is 10.6. The second-order valence-corrected chi connectivity index (χ2v) is 6.06. The fourth-order valence-corrected chi connectivity index (χ4v) is 2.73. The van der Waals surface area contributed by atoms with Crippen molar-refractivity contribution in [3.63, 3.8) is 0 Å². The highest BCUT2D eigenvalue weighted by molar-refractivity contribution is 9.10. The number of hydrogen-bond acceptors (Lipinski definition) is 2. The van der Waals surface area contributed by atoms with Gasteiger partial charge in [-0.25, -0.2) is 4.39 Å². The van der Waals surface area contributed by atoms with E-state index in [1.165, 1.54) is 6.07 Å². The van der Waals surface area contributed by atoms with Crippen LogP contribution in [-0.4, -0.2) is 16.8 Å². The largest absolute Gasteiger partial charge is 0.356 e. The molecule has 1 aromatic carbocycles. The summed E-state index contributed by atoms with van der Waals surface area (Å²) in [6.07, 6.45) is 2.20. The zero-order valence-electron chi connectivity index (χ0n) is 11.4. The van der Waals surface area contributed by atoms with Crippen molar-refractivity contribution in [2.75, 3.05) is 0 Å². The molecule has 7 heteroatoms. The standard InChI is InChI=1S/C15H13BrFN3O2/c16-8-5-13(18-7-8)15(22)20-19-14(21)11-6-10(11)9-3-1-2-4-12(9)17/h1-5,7,10-11,18H,6H2,(H,19,21)(H,20,22). The lowest BCUT2D eigenvalue weighted by atomic mass is 10.1. The first-order valence-electron chi connectivity index (χ1n) is 6.75. The Labute approximate surface area is 134 Å². The van der Waals surface area contributed by atoms with E-state index in [9.17, 15) is 14.0 Å². The molecule has 3 rings (SSSR count). The van der Waals surface area contributed by atoms with Gasteiger partial charge in [-0.1, -0.05) is 18.2 Å². The molecule has 0 radical (unpaired) electrons. The van der Waals surface area contributed by atoms with Crippen LogP contribution in [-0.2, 0) is 4.79 Å². The SMILES string of the molecule is O=C(NNC(=O)C1CC1c1ccccc1F)c1cc(Br)c[nH]1. The van der Waals surface area contributed by atoms with Crippen molar-refractivity contribution in [1.82, 2.24) is 15.8 Å². The van der Waals surface area contributed by atoms with Crippen LogP contribution in [0.3, 0.4) is 0 Å². The number of hydrazine groups is 1. The minimum atomic E-state index is -0.442. The maximum absolute atomic E-state index is 13.6. The van der Waals surface area contributed by atoms with E-state index in [4.69, 9.17) is 0 Å². The Bertz CT molecular complexity index is 731. The van der Waals surface area contributed by atoms with Gasteiger partial charge in [0.1, 0.15) is 11.5 Å². The molecule has 2 atom stereocenters. The molecule has 2 aromatic rings. The zero-order chi connectivity index (χ0) is 15.7. The topological polar surface area (TPSA) is 74.0 Å². The summed E-state index contributed by atoms with van der Waals surface area (Å²) in [7, 11) is 0. The van der Waals surface area contributed by atoms with Gasteiger partial charge in [-0.2, -0.15) is 0 Å². The van der Waals surface area contributed by atoms with E-state index in [0.717, 1.165) is 4.47 Å². The molecule has 1 saturated carbocycles. The third kappa shape index (κ3) is 3.04. The molecule has 0 spiro atoms. The molecule has 1 fully saturated rings. The summed E-state index contributed by atoms with van der Waals surface area (Å²) in [5.41, 5.74) is 5.58. The molecule has 1 aliphatic carbocycles. The Kier molecular flexibility index (Phi) is 3.98. The van der Waals surface area contributed by atoms with Crippen LogP contribution >= 0.6 is 15.9 Å². The maximum Gasteiger partial charge on any atom is 0.286 e. The average molecular weight is 366 g/mol. The molecule has 0 aliphatic heterocycles. The molecule has 1 heterocycles. The fourth-order valence-electron chi connectivity index (χ4n) is 2.38. The smallest absolute Gasteiger partial charge is 0.286 e. The molecular formula is C15H13BrFN3O2. The predicted octanol–water partition coefficient (Wildman–Crippen LogP) is 2.48. The minimum Gasteiger partial charge on any atom is -0.356 e. The zero-order valence-corrected chi connectivity index (χ0v) is 13.0. The fraction of sp³-hybridized carbons (Fsp3) is 0.200. The van der Waals surface area contributed by atoms with Gasteiger partial charge in [-0.05, 0) is 46.0 Å². The van der Waals surface area contributed by atoms with Crippen molar-refractivity contribution in [3.8, 4) is 0 Å². The molecule has 1 aromatic heterocycles. The molecule has 114 valence electrons. The summed E-state index contributed by atoms with van der Waals surface area (Å²) in [6.45, 7) is 0. The van der Waals surface area contributed by atoms with E-state index in [2.05, 4.69) is 31.8 Å². The number of benzene rings is 1. The van der Waals surface area contributed by atoms with Crippen molar-refractivity contribution in [2.45, 2.75) is 12.3 Å². The minimum absolute atomic E-state index is 0.127. The van der Waals surface area contributed by atoms with Gasteiger partial charge in [0.25, 0.3) is 5.91 Å². The number of amides is 2. The van der Waals surface area contributed by atoms with Crippen LogP contribution in [0.1, 0.15) is 28.4 Å². The lowest BCUT2D eigenvalue weighted by Crippen LogP contribution is -2.42. The summed E-state index contributed by atoms with van der Waals surface area (Å²) in [4.78, 5) is 26.5. The van der Waals surface area contributed by atoms with Gasteiger partial charge in [0, 0.05) is 16.6 Å². The van der Waals surface area contributed by atoms with Gasteiger partial charge in [-0.15, -0.1) is 0 Å². The number of aromatic amines is 1. The van der Waals surface area contributed by atoms with E-state index in [-0.39, 0.29) is 23.6 Å².